The summed E-state index contributed by atoms with van der Waals surface area (Å²) >= 11 is 0. The standard InChI is InChI=1S/C18H24N2O/c1-13-6-5-7-15(10-13)21-18-17-9-4-3-8-16(17)14(11-19-2)12-20-18/h3-4,8-9,12-13,15,19H,5-7,10-11H2,1-2H3. The van der Waals surface area contributed by atoms with Crippen LogP contribution in [0.2, 0.25) is 0 Å². The molecule has 1 heterocycles. The number of ether oxygens (including phenoxy) is 1. The van der Waals surface area contributed by atoms with Crippen molar-refractivity contribution in [1.29, 1.82) is 0 Å². The van der Waals surface area contributed by atoms with Gasteiger partial charge < -0.3 is 10.1 Å². The number of nitrogens with zero attached hydrogens (tertiary/aromatic N) is 1. The van der Waals surface area contributed by atoms with Gasteiger partial charge in [0.25, 0.3) is 0 Å². The van der Waals surface area contributed by atoms with Crippen LogP contribution in [0.5, 0.6) is 5.88 Å². The zero-order valence-electron chi connectivity index (χ0n) is 12.9. The monoisotopic (exact) mass is 284 g/mol. The lowest BCUT2D eigenvalue weighted by Crippen LogP contribution is -2.24. The first-order valence-electron chi connectivity index (χ1n) is 7.96. The molecular formula is C18H24N2O. The highest BCUT2D eigenvalue weighted by molar-refractivity contribution is 5.89. The van der Waals surface area contributed by atoms with Crippen molar-refractivity contribution in [2.24, 2.45) is 5.92 Å². The average molecular weight is 284 g/mol. The zero-order valence-corrected chi connectivity index (χ0v) is 12.9. The first kappa shape index (κ1) is 14.3. The minimum Gasteiger partial charge on any atom is -0.474 e. The quantitative estimate of drug-likeness (QED) is 0.924. The summed E-state index contributed by atoms with van der Waals surface area (Å²) in [5, 5.41) is 5.57. The maximum atomic E-state index is 6.24. The lowest BCUT2D eigenvalue weighted by atomic mass is 9.89. The molecule has 1 aliphatic carbocycles. The van der Waals surface area contributed by atoms with Crippen molar-refractivity contribution in [3.63, 3.8) is 0 Å². The molecule has 1 N–H and O–H groups in total. The molecule has 0 aliphatic heterocycles. The van der Waals surface area contributed by atoms with Crippen LogP contribution in [0.1, 0.15) is 38.2 Å². The summed E-state index contributed by atoms with van der Waals surface area (Å²) in [6.45, 7) is 3.14. The van der Waals surface area contributed by atoms with E-state index in [-0.39, 0.29) is 0 Å². The Labute approximate surface area is 126 Å². The fraction of sp³-hybridized carbons (Fsp3) is 0.500. The molecule has 1 fully saturated rings. The van der Waals surface area contributed by atoms with Gasteiger partial charge in [0.2, 0.25) is 5.88 Å². The molecule has 1 aliphatic rings. The molecule has 0 amide bonds. The summed E-state index contributed by atoms with van der Waals surface area (Å²) in [6.07, 6.45) is 7.16. The summed E-state index contributed by atoms with van der Waals surface area (Å²) in [4.78, 5) is 4.58. The van der Waals surface area contributed by atoms with Crippen molar-refractivity contribution in [3.05, 3.63) is 36.0 Å². The Bertz CT molecular complexity index is 611. The third-order valence-corrected chi connectivity index (χ3v) is 4.37. The van der Waals surface area contributed by atoms with Crippen LogP contribution in [-0.4, -0.2) is 18.1 Å². The predicted molar refractivity (Wildman–Crippen MR) is 86.6 cm³/mol. The molecule has 0 spiro atoms. The molecular weight excluding hydrogens is 260 g/mol. The van der Waals surface area contributed by atoms with Gasteiger partial charge in [0, 0.05) is 18.1 Å². The van der Waals surface area contributed by atoms with E-state index in [0.29, 0.717) is 6.10 Å². The fourth-order valence-corrected chi connectivity index (χ4v) is 3.29. The molecule has 0 bridgehead atoms. The Hall–Kier alpha value is -1.61. The van der Waals surface area contributed by atoms with Crippen LogP contribution in [0, 0.1) is 5.92 Å². The highest BCUT2D eigenvalue weighted by Crippen LogP contribution is 2.31. The molecule has 0 radical (unpaired) electrons. The normalized spacial score (nSPS) is 22.4. The minimum atomic E-state index is 0.319. The van der Waals surface area contributed by atoms with Crippen molar-refractivity contribution in [3.8, 4) is 5.88 Å². The molecule has 1 saturated carbocycles. The largest absolute Gasteiger partial charge is 0.474 e. The molecule has 112 valence electrons. The van der Waals surface area contributed by atoms with E-state index < -0.39 is 0 Å². The van der Waals surface area contributed by atoms with Crippen molar-refractivity contribution in [2.45, 2.75) is 45.3 Å². The van der Waals surface area contributed by atoms with Gasteiger partial charge in [0.15, 0.2) is 0 Å². The van der Waals surface area contributed by atoms with Gasteiger partial charge in [0.05, 0.1) is 0 Å². The van der Waals surface area contributed by atoms with Crippen molar-refractivity contribution in [1.82, 2.24) is 10.3 Å². The van der Waals surface area contributed by atoms with E-state index in [1.54, 1.807) is 0 Å². The molecule has 2 atom stereocenters. The molecule has 2 unspecified atom stereocenters. The van der Waals surface area contributed by atoms with Crippen LogP contribution in [0.4, 0.5) is 0 Å². The topological polar surface area (TPSA) is 34.2 Å². The molecule has 1 aromatic carbocycles. The highest BCUT2D eigenvalue weighted by atomic mass is 16.5. The SMILES string of the molecule is CNCc1cnc(OC2CCCC(C)C2)c2ccccc12. The first-order chi connectivity index (χ1) is 10.3. The number of fused-ring (bicyclic) bond motifs is 1. The Morgan fingerprint density at radius 1 is 1.24 bits per heavy atom. The molecule has 1 aromatic heterocycles. The van der Waals surface area contributed by atoms with E-state index in [1.165, 1.54) is 23.8 Å². The van der Waals surface area contributed by atoms with Gasteiger partial charge in [-0.1, -0.05) is 31.5 Å². The van der Waals surface area contributed by atoms with Gasteiger partial charge in [-0.3, -0.25) is 0 Å². The Kier molecular flexibility index (Phi) is 4.39. The van der Waals surface area contributed by atoms with E-state index in [4.69, 9.17) is 4.74 Å². The van der Waals surface area contributed by atoms with Crippen LogP contribution >= 0.6 is 0 Å². The third-order valence-electron chi connectivity index (χ3n) is 4.37. The van der Waals surface area contributed by atoms with Gasteiger partial charge >= 0.3 is 0 Å². The summed E-state index contributed by atoms with van der Waals surface area (Å²) in [5.74, 6) is 1.56. The molecule has 2 aromatic rings. The highest BCUT2D eigenvalue weighted by Gasteiger charge is 2.21. The van der Waals surface area contributed by atoms with E-state index in [0.717, 1.165) is 36.6 Å². The first-order valence-corrected chi connectivity index (χ1v) is 7.96. The van der Waals surface area contributed by atoms with Crippen LogP contribution < -0.4 is 10.1 Å². The van der Waals surface area contributed by atoms with Crippen molar-refractivity contribution < 1.29 is 4.74 Å². The average Bonchev–Trinajstić information content (AvgIpc) is 2.50. The maximum absolute atomic E-state index is 6.24. The van der Waals surface area contributed by atoms with Crippen molar-refractivity contribution in [2.75, 3.05) is 7.05 Å². The third kappa shape index (κ3) is 3.18. The Morgan fingerprint density at radius 2 is 2.05 bits per heavy atom. The molecule has 3 heteroatoms. The van der Waals surface area contributed by atoms with Gasteiger partial charge in [-0.15, -0.1) is 0 Å². The maximum Gasteiger partial charge on any atom is 0.221 e. The number of aromatic nitrogens is 1. The summed E-state index contributed by atoms with van der Waals surface area (Å²) in [6, 6.07) is 8.40. The Morgan fingerprint density at radius 3 is 2.81 bits per heavy atom. The fourth-order valence-electron chi connectivity index (χ4n) is 3.29. The molecule has 0 saturated heterocycles. The van der Waals surface area contributed by atoms with Gasteiger partial charge in [0.1, 0.15) is 6.10 Å². The van der Waals surface area contributed by atoms with Crippen LogP contribution in [0.3, 0.4) is 0 Å². The number of nitrogens with one attached hydrogen (secondary N) is 1. The van der Waals surface area contributed by atoms with Crippen LogP contribution in [0.25, 0.3) is 10.8 Å². The molecule has 3 nitrogen and oxygen atoms in total. The second-order valence-electron chi connectivity index (χ2n) is 6.18. The lowest BCUT2D eigenvalue weighted by Gasteiger charge is -2.27. The second kappa shape index (κ2) is 6.44. The van der Waals surface area contributed by atoms with Crippen LogP contribution in [-0.2, 0) is 6.54 Å². The van der Waals surface area contributed by atoms with E-state index in [9.17, 15) is 0 Å². The minimum absolute atomic E-state index is 0.319. The van der Waals surface area contributed by atoms with Gasteiger partial charge in [-0.2, -0.15) is 0 Å². The summed E-state index contributed by atoms with van der Waals surface area (Å²) in [5.41, 5.74) is 1.22. The molecule has 21 heavy (non-hydrogen) atoms. The van der Waals surface area contributed by atoms with Gasteiger partial charge in [-0.25, -0.2) is 4.98 Å². The summed E-state index contributed by atoms with van der Waals surface area (Å²) < 4.78 is 6.24. The smallest absolute Gasteiger partial charge is 0.221 e. The van der Waals surface area contributed by atoms with Gasteiger partial charge in [-0.05, 0) is 49.2 Å². The lowest BCUT2D eigenvalue weighted by molar-refractivity contribution is 0.126. The number of pyridine rings is 1. The molecule has 3 rings (SSSR count). The van der Waals surface area contributed by atoms with E-state index >= 15 is 0 Å². The number of rotatable bonds is 4. The number of hydrogen-bond donors (Lipinski definition) is 1. The van der Waals surface area contributed by atoms with E-state index in [1.807, 2.05) is 13.2 Å². The van der Waals surface area contributed by atoms with E-state index in [2.05, 4.69) is 41.5 Å². The second-order valence-corrected chi connectivity index (χ2v) is 6.18. The number of hydrogen-bond acceptors (Lipinski definition) is 3. The number of benzene rings is 1. The summed E-state index contributed by atoms with van der Waals surface area (Å²) in [7, 11) is 1.96. The van der Waals surface area contributed by atoms with Crippen molar-refractivity contribution >= 4 is 10.8 Å². The zero-order chi connectivity index (χ0) is 14.7. The predicted octanol–water partition coefficient (Wildman–Crippen LogP) is 3.91. The Balaban J connectivity index is 1.90. The van der Waals surface area contributed by atoms with Crippen LogP contribution in [0.15, 0.2) is 30.5 Å².